The van der Waals surface area contributed by atoms with Gasteiger partial charge in [0.1, 0.15) is 5.82 Å². The van der Waals surface area contributed by atoms with Crippen molar-refractivity contribution < 1.29 is 13.9 Å². The number of aromatic amines is 1. The number of esters is 1. The third-order valence-electron chi connectivity index (χ3n) is 3.30. The Morgan fingerprint density at radius 2 is 2.23 bits per heavy atom. The number of benzene rings is 1. The second-order valence-electron chi connectivity index (χ2n) is 4.97. The average molecular weight is 299 g/mol. The smallest absolute Gasteiger partial charge is 0.338 e. The summed E-state index contributed by atoms with van der Waals surface area (Å²) >= 11 is 0. The van der Waals surface area contributed by atoms with E-state index in [1.807, 2.05) is 0 Å². The SMILES string of the molecule is Cc1cc(C(=O)OCCc2cn[nH]c2)c2ccc(F)cc2n1. The lowest BCUT2D eigenvalue weighted by Crippen LogP contribution is -2.09. The highest BCUT2D eigenvalue weighted by Crippen LogP contribution is 2.20. The van der Waals surface area contributed by atoms with E-state index in [2.05, 4.69) is 15.2 Å². The topological polar surface area (TPSA) is 67.9 Å². The molecule has 2 heterocycles. The molecular formula is C16H14FN3O2. The van der Waals surface area contributed by atoms with Crippen molar-refractivity contribution in [3.63, 3.8) is 0 Å². The molecule has 22 heavy (non-hydrogen) atoms. The molecule has 1 aromatic carbocycles. The van der Waals surface area contributed by atoms with E-state index in [0.29, 0.717) is 28.6 Å². The van der Waals surface area contributed by atoms with Gasteiger partial charge in [-0.2, -0.15) is 5.10 Å². The molecule has 0 fully saturated rings. The lowest BCUT2D eigenvalue weighted by atomic mass is 10.1. The number of carbonyl (C=O) groups is 1. The molecule has 0 aliphatic heterocycles. The zero-order valence-electron chi connectivity index (χ0n) is 12.0. The van der Waals surface area contributed by atoms with Gasteiger partial charge in [0.15, 0.2) is 0 Å². The minimum atomic E-state index is -0.439. The first kappa shape index (κ1) is 14.2. The zero-order chi connectivity index (χ0) is 15.5. The Balaban J connectivity index is 1.81. The molecule has 0 spiro atoms. The van der Waals surface area contributed by atoms with Gasteiger partial charge in [0.2, 0.25) is 0 Å². The number of carbonyl (C=O) groups excluding carboxylic acids is 1. The van der Waals surface area contributed by atoms with Crippen molar-refractivity contribution in [1.29, 1.82) is 0 Å². The van der Waals surface area contributed by atoms with Crippen molar-refractivity contribution in [1.82, 2.24) is 15.2 Å². The molecule has 0 unspecified atom stereocenters. The molecule has 112 valence electrons. The maximum absolute atomic E-state index is 13.3. The molecule has 3 aromatic rings. The normalized spacial score (nSPS) is 10.8. The number of hydrogen-bond donors (Lipinski definition) is 1. The van der Waals surface area contributed by atoms with Crippen LogP contribution in [0.1, 0.15) is 21.6 Å². The summed E-state index contributed by atoms with van der Waals surface area (Å²) in [5.74, 6) is -0.824. The summed E-state index contributed by atoms with van der Waals surface area (Å²) < 4.78 is 18.6. The van der Waals surface area contributed by atoms with Gasteiger partial charge in [-0.15, -0.1) is 0 Å². The maximum atomic E-state index is 13.3. The van der Waals surface area contributed by atoms with Crippen LogP contribution in [0.4, 0.5) is 4.39 Å². The molecule has 0 bridgehead atoms. The quantitative estimate of drug-likeness (QED) is 0.752. The van der Waals surface area contributed by atoms with E-state index in [1.54, 1.807) is 31.5 Å². The van der Waals surface area contributed by atoms with E-state index in [4.69, 9.17) is 4.74 Å². The number of pyridine rings is 1. The largest absolute Gasteiger partial charge is 0.462 e. The van der Waals surface area contributed by atoms with Crippen LogP contribution in [0.15, 0.2) is 36.7 Å². The number of aromatic nitrogens is 3. The summed E-state index contributed by atoms with van der Waals surface area (Å²) in [4.78, 5) is 16.5. The predicted molar refractivity (Wildman–Crippen MR) is 79.0 cm³/mol. The van der Waals surface area contributed by atoms with Crippen molar-refractivity contribution in [2.24, 2.45) is 0 Å². The third kappa shape index (κ3) is 2.95. The monoisotopic (exact) mass is 299 g/mol. The van der Waals surface area contributed by atoms with Gasteiger partial charge in [-0.05, 0) is 30.7 Å². The van der Waals surface area contributed by atoms with Crippen LogP contribution in [0.2, 0.25) is 0 Å². The molecule has 3 rings (SSSR count). The van der Waals surface area contributed by atoms with Gasteiger partial charge in [0, 0.05) is 29.8 Å². The number of nitrogens with one attached hydrogen (secondary N) is 1. The number of ether oxygens (including phenoxy) is 1. The van der Waals surface area contributed by atoms with Crippen molar-refractivity contribution in [2.75, 3.05) is 6.61 Å². The summed E-state index contributed by atoms with van der Waals surface area (Å²) in [7, 11) is 0. The van der Waals surface area contributed by atoms with Gasteiger partial charge in [-0.3, -0.25) is 10.1 Å². The zero-order valence-corrected chi connectivity index (χ0v) is 12.0. The fraction of sp³-hybridized carbons (Fsp3) is 0.188. The summed E-state index contributed by atoms with van der Waals surface area (Å²) in [5, 5.41) is 7.12. The number of rotatable bonds is 4. The molecular weight excluding hydrogens is 285 g/mol. The van der Waals surface area contributed by atoms with E-state index in [0.717, 1.165) is 5.56 Å². The van der Waals surface area contributed by atoms with Gasteiger partial charge in [-0.1, -0.05) is 0 Å². The summed E-state index contributed by atoms with van der Waals surface area (Å²) in [6.45, 7) is 2.01. The lowest BCUT2D eigenvalue weighted by molar-refractivity contribution is 0.0511. The molecule has 0 aliphatic carbocycles. The molecule has 2 aromatic heterocycles. The van der Waals surface area contributed by atoms with Crippen molar-refractivity contribution in [2.45, 2.75) is 13.3 Å². The van der Waals surface area contributed by atoms with E-state index < -0.39 is 5.97 Å². The Labute approximate surface area is 126 Å². The van der Waals surface area contributed by atoms with Crippen LogP contribution in [-0.2, 0) is 11.2 Å². The van der Waals surface area contributed by atoms with Crippen LogP contribution in [0.25, 0.3) is 10.9 Å². The predicted octanol–water partition coefficient (Wildman–Crippen LogP) is 2.80. The first-order valence-corrected chi connectivity index (χ1v) is 6.85. The Morgan fingerprint density at radius 1 is 1.36 bits per heavy atom. The molecule has 1 N–H and O–H groups in total. The Kier molecular flexibility index (Phi) is 3.82. The summed E-state index contributed by atoms with van der Waals surface area (Å²) in [6.07, 6.45) is 4.02. The van der Waals surface area contributed by atoms with E-state index in [-0.39, 0.29) is 12.4 Å². The van der Waals surface area contributed by atoms with Gasteiger partial charge in [0.05, 0.1) is 23.9 Å². The molecule has 0 amide bonds. The number of nitrogens with zero attached hydrogens (tertiary/aromatic N) is 2. The van der Waals surface area contributed by atoms with E-state index in [1.165, 1.54) is 12.1 Å². The molecule has 0 aliphatic rings. The van der Waals surface area contributed by atoms with Crippen LogP contribution >= 0.6 is 0 Å². The highest BCUT2D eigenvalue weighted by atomic mass is 19.1. The second kappa shape index (κ2) is 5.93. The highest BCUT2D eigenvalue weighted by molar-refractivity contribution is 6.03. The summed E-state index contributed by atoms with van der Waals surface area (Å²) in [6, 6.07) is 5.82. The first-order chi connectivity index (χ1) is 10.6. The van der Waals surface area contributed by atoms with Gasteiger partial charge in [-0.25, -0.2) is 9.18 Å². The maximum Gasteiger partial charge on any atom is 0.338 e. The molecule has 0 saturated carbocycles. The lowest BCUT2D eigenvalue weighted by Gasteiger charge is -2.08. The Morgan fingerprint density at radius 3 is 3.00 bits per heavy atom. The molecule has 6 heteroatoms. The third-order valence-corrected chi connectivity index (χ3v) is 3.30. The van der Waals surface area contributed by atoms with Crippen LogP contribution in [0, 0.1) is 12.7 Å². The minimum absolute atomic E-state index is 0.252. The number of halogens is 1. The van der Waals surface area contributed by atoms with Crippen LogP contribution in [0.3, 0.4) is 0 Å². The van der Waals surface area contributed by atoms with E-state index >= 15 is 0 Å². The van der Waals surface area contributed by atoms with Crippen LogP contribution < -0.4 is 0 Å². The van der Waals surface area contributed by atoms with Crippen LogP contribution in [-0.4, -0.2) is 27.8 Å². The average Bonchev–Trinajstić information content (AvgIpc) is 2.99. The highest BCUT2D eigenvalue weighted by Gasteiger charge is 2.14. The Bertz CT molecular complexity index is 810. The fourth-order valence-electron chi connectivity index (χ4n) is 2.26. The fourth-order valence-corrected chi connectivity index (χ4v) is 2.26. The molecule has 0 atom stereocenters. The number of hydrogen-bond acceptors (Lipinski definition) is 4. The second-order valence-corrected chi connectivity index (χ2v) is 4.97. The molecule has 0 saturated heterocycles. The van der Waals surface area contributed by atoms with Gasteiger partial charge < -0.3 is 4.74 Å². The first-order valence-electron chi connectivity index (χ1n) is 6.85. The Hall–Kier alpha value is -2.76. The van der Waals surface area contributed by atoms with Crippen LogP contribution in [0.5, 0.6) is 0 Å². The number of fused-ring (bicyclic) bond motifs is 1. The number of aryl methyl sites for hydroxylation is 1. The molecule has 0 radical (unpaired) electrons. The molecule has 5 nitrogen and oxygen atoms in total. The minimum Gasteiger partial charge on any atom is -0.462 e. The van der Waals surface area contributed by atoms with Crippen molar-refractivity contribution >= 4 is 16.9 Å². The van der Waals surface area contributed by atoms with Crippen molar-refractivity contribution in [3.05, 3.63) is 59.3 Å². The summed E-state index contributed by atoms with van der Waals surface area (Å²) in [5.41, 5.74) is 2.45. The van der Waals surface area contributed by atoms with E-state index in [9.17, 15) is 9.18 Å². The van der Waals surface area contributed by atoms with Gasteiger partial charge >= 0.3 is 5.97 Å². The number of H-pyrrole nitrogens is 1. The standard InChI is InChI=1S/C16H14FN3O2/c1-10-6-14(13-3-2-12(17)7-15(13)20-10)16(21)22-5-4-11-8-18-19-9-11/h2-3,6-9H,4-5H2,1H3,(H,18,19). The van der Waals surface area contributed by atoms with Gasteiger partial charge in [0.25, 0.3) is 0 Å². The van der Waals surface area contributed by atoms with Crippen molar-refractivity contribution in [3.8, 4) is 0 Å².